The number of aromatic carboxylic acids is 1. The second-order valence-corrected chi connectivity index (χ2v) is 8.02. The smallest absolute Gasteiger partial charge is 0.371 e. The third kappa shape index (κ3) is 3.67. The number of benzene rings is 1. The molecule has 0 saturated carbocycles. The van der Waals surface area contributed by atoms with E-state index in [9.17, 15) is 9.59 Å². The molecule has 30 heavy (non-hydrogen) atoms. The summed E-state index contributed by atoms with van der Waals surface area (Å²) in [6.07, 6.45) is 0.450. The number of aromatic nitrogens is 2. The zero-order valence-electron chi connectivity index (χ0n) is 16.5. The van der Waals surface area contributed by atoms with Crippen LogP contribution in [0.1, 0.15) is 27.0 Å². The largest absolute Gasteiger partial charge is 0.475 e. The van der Waals surface area contributed by atoms with Gasteiger partial charge in [-0.3, -0.25) is 9.36 Å². The van der Waals surface area contributed by atoms with Crippen molar-refractivity contribution < 1.29 is 19.1 Å². The van der Waals surface area contributed by atoms with Crippen molar-refractivity contribution in [3.05, 3.63) is 75.0 Å². The topological polar surface area (TPSA) is 94.6 Å². The molecule has 0 radical (unpaired) electrons. The van der Waals surface area contributed by atoms with Gasteiger partial charge in [-0.1, -0.05) is 30.3 Å². The molecule has 0 aliphatic carbocycles. The van der Waals surface area contributed by atoms with Crippen LogP contribution in [0, 0.1) is 6.92 Å². The number of ether oxygens (including phenoxy) is 1. The van der Waals surface area contributed by atoms with Gasteiger partial charge in [0.15, 0.2) is 0 Å². The quantitative estimate of drug-likeness (QED) is 0.483. The predicted molar refractivity (Wildman–Crippen MR) is 114 cm³/mol. The molecule has 0 bridgehead atoms. The Kier molecular flexibility index (Phi) is 5.52. The molecule has 7 nitrogen and oxygen atoms in total. The van der Waals surface area contributed by atoms with Crippen LogP contribution in [0.2, 0.25) is 0 Å². The van der Waals surface area contributed by atoms with Crippen molar-refractivity contribution in [3.63, 3.8) is 0 Å². The zero-order valence-corrected chi connectivity index (χ0v) is 17.4. The molecule has 0 spiro atoms. The highest BCUT2D eigenvalue weighted by molar-refractivity contribution is 7.19. The minimum atomic E-state index is -1.15. The molecule has 0 amide bonds. The first-order chi connectivity index (χ1) is 14.5. The van der Waals surface area contributed by atoms with Gasteiger partial charge in [-0.15, -0.1) is 11.3 Å². The van der Waals surface area contributed by atoms with Gasteiger partial charge >= 0.3 is 5.97 Å². The predicted octanol–water partition coefficient (Wildman–Crippen LogP) is 3.96. The van der Waals surface area contributed by atoms with Gasteiger partial charge in [-0.05, 0) is 24.6 Å². The Bertz CT molecular complexity index is 1270. The van der Waals surface area contributed by atoms with Crippen LogP contribution in [0.3, 0.4) is 0 Å². The van der Waals surface area contributed by atoms with Gasteiger partial charge in [0.05, 0.1) is 18.5 Å². The molecule has 8 heteroatoms. The van der Waals surface area contributed by atoms with E-state index in [1.54, 1.807) is 17.7 Å². The van der Waals surface area contributed by atoms with E-state index in [0.29, 0.717) is 34.8 Å². The van der Waals surface area contributed by atoms with Crippen LogP contribution in [-0.2, 0) is 17.7 Å². The maximum Gasteiger partial charge on any atom is 0.371 e. The Morgan fingerprint density at radius 2 is 2.00 bits per heavy atom. The van der Waals surface area contributed by atoms with Crippen LogP contribution in [0.15, 0.2) is 51.7 Å². The molecule has 0 unspecified atom stereocenters. The number of rotatable bonds is 7. The highest BCUT2D eigenvalue weighted by atomic mass is 32.1. The van der Waals surface area contributed by atoms with E-state index in [4.69, 9.17) is 19.2 Å². The van der Waals surface area contributed by atoms with Crippen LogP contribution in [0.25, 0.3) is 21.3 Å². The molecule has 1 aromatic carbocycles. The van der Waals surface area contributed by atoms with Gasteiger partial charge in [-0.2, -0.15) is 0 Å². The Morgan fingerprint density at radius 1 is 1.23 bits per heavy atom. The summed E-state index contributed by atoms with van der Waals surface area (Å²) in [6.45, 7) is 2.49. The Morgan fingerprint density at radius 3 is 2.67 bits per heavy atom. The lowest BCUT2D eigenvalue weighted by molar-refractivity contribution is 0.0660. The van der Waals surface area contributed by atoms with Gasteiger partial charge < -0.3 is 14.3 Å². The number of aryl methyl sites for hydroxylation is 1. The number of methoxy groups -OCH3 is 1. The number of hydrogen-bond acceptors (Lipinski definition) is 6. The molecule has 4 aromatic rings. The average Bonchev–Trinajstić information content (AvgIpc) is 3.33. The first-order valence-corrected chi connectivity index (χ1v) is 10.2. The number of nitrogens with zero attached hydrogens (tertiary/aromatic N) is 2. The molecular formula is C22H20N2O5S. The number of thiophene rings is 1. The standard InChI is InChI=1S/C22H20N2O5S/c1-13-18(14-6-4-3-5-7-14)19-20(30-13)23-17(10-11-28-2)24(21(19)25)12-15-8-9-16(29-15)22(26)27/h3-9H,10-12H2,1-2H3,(H,26,27). The number of carboxylic acid groups (broad SMARTS) is 1. The van der Waals surface area contributed by atoms with E-state index in [-0.39, 0.29) is 17.9 Å². The van der Waals surface area contributed by atoms with E-state index in [0.717, 1.165) is 16.0 Å². The van der Waals surface area contributed by atoms with E-state index < -0.39 is 5.97 Å². The highest BCUT2D eigenvalue weighted by Gasteiger charge is 2.20. The average molecular weight is 424 g/mol. The molecule has 1 N–H and O–H groups in total. The molecule has 0 fully saturated rings. The Balaban J connectivity index is 1.90. The minimum Gasteiger partial charge on any atom is -0.475 e. The van der Waals surface area contributed by atoms with Gasteiger partial charge in [0, 0.05) is 24.0 Å². The highest BCUT2D eigenvalue weighted by Crippen LogP contribution is 2.35. The van der Waals surface area contributed by atoms with E-state index in [1.165, 1.54) is 17.4 Å². The van der Waals surface area contributed by atoms with Crippen molar-refractivity contribution in [1.82, 2.24) is 9.55 Å². The fraction of sp³-hybridized carbons (Fsp3) is 0.227. The van der Waals surface area contributed by atoms with Gasteiger partial charge in [-0.25, -0.2) is 9.78 Å². The number of hydrogen-bond donors (Lipinski definition) is 1. The van der Waals surface area contributed by atoms with Gasteiger partial charge in [0.2, 0.25) is 5.76 Å². The summed E-state index contributed by atoms with van der Waals surface area (Å²) >= 11 is 1.49. The van der Waals surface area contributed by atoms with Crippen molar-refractivity contribution in [3.8, 4) is 11.1 Å². The second kappa shape index (κ2) is 8.25. The maximum atomic E-state index is 13.6. The van der Waals surface area contributed by atoms with Gasteiger partial charge in [0.25, 0.3) is 5.56 Å². The summed E-state index contributed by atoms with van der Waals surface area (Å²) in [5.41, 5.74) is 1.66. The second-order valence-electron chi connectivity index (χ2n) is 6.81. The van der Waals surface area contributed by atoms with Gasteiger partial charge in [0.1, 0.15) is 16.4 Å². The molecule has 3 heterocycles. The van der Waals surface area contributed by atoms with Crippen molar-refractivity contribution >= 4 is 27.5 Å². The van der Waals surface area contributed by atoms with E-state index in [2.05, 4.69) is 0 Å². The normalized spacial score (nSPS) is 11.3. The fourth-order valence-electron chi connectivity index (χ4n) is 3.47. The molecule has 0 aliphatic heterocycles. The lowest BCUT2D eigenvalue weighted by atomic mass is 10.0. The van der Waals surface area contributed by atoms with Crippen LogP contribution >= 0.6 is 11.3 Å². The van der Waals surface area contributed by atoms with Crippen LogP contribution < -0.4 is 5.56 Å². The summed E-state index contributed by atoms with van der Waals surface area (Å²) in [6, 6.07) is 12.7. The summed E-state index contributed by atoms with van der Waals surface area (Å²) in [7, 11) is 1.59. The first-order valence-electron chi connectivity index (χ1n) is 9.38. The van der Waals surface area contributed by atoms with Crippen molar-refractivity contribution in [2.45, 2.75) is 19.9 Å². The third-order valence-corrected chi connectivity index (χ3v) is 5.84. The lowest BCUT2D eigenvalue weighted by Crippen LogP contribution is -2.26. The van der Waals surface area contributed by atoms with Crippen LogP contribution in [0.4, 0.5) is 0 Å². The van der Waals surface area contributed by atoms with Crippen molar-refractivity contribution in [2.24, 2.45) is 0 Å². The molecule has 4 rings (SSSR count). The minimum absolute atomic E-state index is 0.0945. The number of fused-ring (bicyclic) bond motifs is 1. The maximum absolute atomic E-state index is 13.6. The van der Waals surface area contributed by atoms with Crippen LogP contribution in [-0.4, -0.2) is 34.3 Å². The van der Waals surface area contributed by atoms with E-state index >= 15 is 0 Å². The number of carbonyl (C=O) groups is 1. The van der Waals surface area contributed by atoms with Crippen molar-refractivity contribution in [2.75, 3.05) is 13.7 Å². The SMILES string of the molecule is COCCc1nc2sc(C)c(-c3ccccc3)c2c(=O)n1Cc1ccc(C(=O)O)o1. The Hall–Kier alpha value is -3.23. The lowest BCUT2D eigenvalue weighted by Gasteiger charge is -2.12. The summed E-state index contributed by atoms with van der Waals surface area (Å²) < 4.78 is 12.1. The molecular weight excluding hydrogens is 404 g/mol. The van der Waals surface area contributed by atoms with Crippen molar-refractivity contribution in [1.29, 1.82) is 0 Å². The van der Waals surface area contributed by atoms with Crippen LogP contribution in [0.5, 0.6) is 0 Å². The summed E-state index contributed by atoms with van der Waals surface area (Å²) in [5, 5.41) is 9.67. The number of carboxylic acids is 1. The third-order valence-electron chi connectivity index (χ3n) is 4.85. The molecule has 154 valence electrons. The molecule has 0 atom stereocenters. The Labute approximate surface area is 176 Å². The van der Waals surface area contributed by atoms with E-state index in [1.807, 2.05) is 37.3 Å². The summed E-state index contributed by atoms with van der Waals surface area (Å²) in [5.74, 6) is -0.366. The molecule has 3 aromatic heterocycles. The fourth-order valence-corrected chi connectivity index (χ4v) is 4.52. The molecule has 0 saturated heterocycles. The molecule has 0 aliphatic rings. The zero-order chi connectivity index (χ0) is 21.3. The number of furan rings is 1. The summed E-state index contributed by atoms with van der Waals surface area (Å²) in [4.78, 5) is 31.2. The monoisotopic (exact) mass is 424 g/mol. The first kappa shape index (κ1) is 20.1.